The average molecular weight is 634 g/mol. The van der Waals surface area contributed by atoms with Crippen molar-refractivity contribution < 1.29 is 0 Å². The molecular formula is C44H35N5. The van der Waals surface area contributed by atoms with E-state index in [-0.39, 0.29) is 5.41 Å². The number of aromatic nitrogens is 5. The van der Waals surface area contributed by atoms with Crippen LogP contribution in [0.2, 0.25) is 0 Å². The Kier molecular flexibility index (Phi) is 6.53. The normalized spacial score (nSPS) is 12.1. The molecule has 0 radical (unpaired) electrons. The summed E-state index contributed by atoms with van der Waals surface area (Å²) in [6, 6.07) is 49.4. The summed E-state index contributed by atoms with van der Waals surface area (Å²) in [6.45, 7) is 8.80. The highest BCUT2D eigenvalue weighted by Crippen LogP contribution is 2.42. The maximum Gasteiger partial charge on any atom is 0.238 e. The third-order valence-electron chi connectivity index (χ3n) is 9.57. The molecule has 3 heterocycles. The van der Waals surface area contributed by atoms with Crippen LogP contribution in [0.25, 0.3) is 78.0 Å². The number of nitrogens with zero attached hydrogens (tertiary/aromatic N) is 5. The van der Waals surface area contributed by atoms with E-state index in [1.54, 1.807) is 0 Å². The maximum atomic E-state index is 5.25. The smallest absolute Gasteiger partial charge is 0.238 e. The van der Waals surface area contributed by atoms with Gasteiger partial charge in [-0.1, -0.05) is 123 Å². The molecule has 5 heteroatoms. The van der Waals surface area contributed by atoms with Crippen LogP contribution >= 0.6 is 0 Å². The van der Waals surface area contributed by atoms with E-state index in [0.29, 0.717) is 17.6 Å². The fraction of sp³-hybridized carbons (Fsp3) is 0.114. The van der Waals surface area contributed by atoms with Crippen molar-refractivity contribution in [1.29, 1.82) is 0 Å². The molecule has 0 saturated carbocycles. The molecule has 0 unspecified atom stereocenters. The molecule has 0 aliphatic rings. The van der Waals surface area contributed by atoms with Gasteiger partial charge in [-0.05, 0) is 60.4 Å². The van der Waals surface area contributed by atoms with E-state index in [9.17, 15) is 0 Å². The quantitative estimate of drug-likeness (QED) is 0.194. The van der Waals surface area contributed by atoms with Gasteiger partial charge in [0.25, 0.3) is 0 Å². The van der Waals surface area contributed by atoms with Gasteiger partial charge in [0.05, 0.1) is 22.1 Å². The Hall–Kier alpha value is -6.07. The number of rotatable bonds is 4. The summed E-state index contributed by atoms with van der Waals surface area (Å²) in [5, 5.41) is 4.76. The molecule has 9 rings (SSSR count). The Labute approximate surface area is 285 Å². The molecule has 5 nitrogen and oxygen atoms in total. The zero-order chi connectivity index (χ0) is 33.3. The first-order valence-electron chi connectivity index (χ1n) is 16.8. The molecule has 9 aromatic rings. The summed E-state index contributed by atoms with van der Waals surface area (Å²) in [4.78, 5) is 15.6. The summed E-state index contributed by atoms with van der Waals surface area (Å²) in [6.07, 6.45) is 0. The number of hydrogen-bond acceptors (Lipinski definition) is 3. The van der Waals surface area contributed by atoms with E-state index in [4.69, 9.17) is 15.0 Å². The van der Waals surface area contributed by atoms with Gasteiger partial charge in [0.2, 0.25) is 5.95 Å². The van der Waals surface area contributed by atoms with Crippen LogP contribution in [0.1, 0.15) is 31.9 Å². The molecule has 0 bridgehead atoms. The number of para-hydroxylation sites is 3. The largest absolute Gasteiger partial charge is 0.309 e. The predicted molar refractivity (Wildman–Crippen MR) is 203 cm³/mol. The Morgan fingerprint density at radius 1 is 0.490 bits per heavy atom. The first kappa shape index (κ1) is 29.1. The summed E-state index contributed by atoms with van der Waals surface area (Å²) in [7, 11) is 0. The van der Waals surface area contributed by atoms with Crippen molar-refractivity contribution in [3.05, 3.63) is 151 Å². The minimum absolute atomic E-state index is 0.0132. The van der Waals surface area contributed by atoms with Crippen molar-refractivity contribution in [1.82, 2.24) is 24.1 Å². The van der Waals surface area contributed by atoms with E-state index >= 15 is 0 Å². The lowest BCUT2D eigenvalue weighted by atomic mass is 9.86. The van der Waals surface area contributed by atoms with Crippen LogP contribution in [-0.4, -0.2) is 24.1 Å². The van der Waals surface area contributed by atoms with Crippen LogP contribution in [-0.2, 0) is 5.41 Å². The predicted octanol–water partition coefficient (Wildman–Crippen LogP) is 11.0. The third-order valence-corrected chi connectivity index (χ3v) is 9.57. The summed E-state index contributed by atoms with van der Waals surface area (Å²) in [5.74, 6) is 1.89. The lowest BCUT2D eigenvalue weighted by Gasteiger charge is -2.19. The molecular weight excluding hydrogens is 599 g/mol. The van der Waals surface area contributed by atoms with Gasteiger partial charge in [-0.25, -0.2) is 4.98 Å². The number of fused-ring (bicyclic) bond motifs is 7. The SMILES string of the molecule is Cc1cccc(-c2nc(-c3cccc(C(C)(C)C)c3)nc(-n3c4ccccc4c4c3ccc3c5ccccc5n(-c5ccccc5)c34)n2)c1. The van der Waals surface area contributed by atoms with Crippen molar-refractivity contribution >= 4 is 43.6 Å². The van der Waals surface area contributed by atoms with Gasteiger partial charge in [0.15, 0.2) is 11.6 Å². The number of aryl methyl sites for hydroxylation is 1. The van der Waals surface area contributed by atoms with E-state index in [0.717, 1.165) is 38.8 Å². The van der Waals surface area contributed by atoms with Crippen molar-refractivity contribution in [2.45, 2.75) is 33.1 Å². The molecule has 0 spiro atoms. The van der Waals surface area contributed by atoms with Gasteiger partial charge in [-0.3, -0.25) is 4.57 Å². The zero-order valence-electron chi connectivity index (χ0n) is 28.0. The van der Waals surface area contributed by atoms with Crippen LogP contribution in [0.3, 0.4) is 0 Å². The molecule has 6 aromatic carbocycles. The van der Waals surface area contributed by atoms with Crippen LogP contribution in [0, 0.1) is 6.92 Å². The fourth-order valence-corrected chi connectivity index (χ4v) is 7.20. The minimum Gasteiger partial charge on any atom is -0.309 e. The van der Waals surface area contributed by atoms with Crippen molar-refractivity contribution in [2.75, 3.05) is 0 Å². The second kappa shape index (κ2) is 11.0. The highest BCUT2D eigenvalue weighted by atomic mass is 15.2. The molecule has 236 valence electrons. The monoisotopic (exact) mass is 633 g/mol. The van der Waals surface area contributed by atoms with Crippen LogP contribution in [0.15, 0.2) is 140 Å². The third kappa shape index (κ3) is 4.73. The van der Waals surface area contributed by atoms with Gasteiger partial charge >= 0.3 is 0 Å². The zero-order valence-corrected chi connectivity index (χ0v) is 28.0. The van der Waals surface area contributed by atoms with Crippen LogP contribution < -0.4 is 0 Å². The standard InChI is InChI=1S/C44H35N5/c1-28-14-12-15-29(26-28)41-45-42(30-16-13-17-31(27-30)44(2,3)4)47-43(46-41)49-37-23-11-9-21-35(37)39-38(49)25-24-34-33-20-8-10-22-36(33)48(40(34)39)32-18-6-5-7-19-32/h5-27H,1-4H3. The highest BCUT2D eigenvalue weighted by molar-refractivity contribution is 6.26. The Bertz CT molecular complexity index is 2710. The molecule has 0 aliphatic heterocycles. The number of benzene rings is 6. The fourth-order valence-electron chi connectivity index (χ4n) is 7.20. The lowest BCUT2D eigenvalue weighted by Crippen LogP contribution is -2.11. The van der Waals surface area contributed by atoms with Gasteiger partial charge in [0, 0.05) is 38.4 Å². The van der Waals surface area contributed by atoms with Gasteiger partial charge in [-0.15, -0.1) is 0 Å². The van der Waals surface area contributed by atoms with Gasteiger partial charge in [-0.2, -0.15) is 9.97 Å². The summed E-state index contributed by atoms with van der Waals surface area (Å²) >= 11 is 0. The average Bonchev–Trinajstić information content (AvgIpc) is 3.64. The van der Waals surface area contributed by atoms with Crippen molar-refractivity contribution in [3.8, 4) is 34.4 Å². The molecule has 0 aliphatic carbocycles. The molecule has 49 heavy (non-hydrogen) atoms. The topological polar surface area (TPSA) is 48.5 Å². The summed E-state index contributed by atoms with van der Waals surface area (Å²) in [5.41, 5.74) is 9.88. The van der Waals surface area contributed by atoms with E-state index in [1.807, 2.05) is 0 Å². The Morgan fingerprint density at radius 3 is 1.84 bits per heavy atom. The maximum absolute atomic E-state index is 5.25. The molecule has 0 fully saturated rings. The number of hydrogen-bond donors (Lipinski definition) is 0. The van der Waals surface area contributed by atoms with E-state index < -0.39 is 0 Å². The molecule has 0 atom stereocenters. The molecule has 0 amide bonds. The molecule has 0 saturated heterocycles. The van der Waals surface area contributed by atoms with Gasteiger partial charge < -0.3 is 4.57 Å². The van der Waals surface area contributed by atoms with E-state index in [2.05, 4.69) is 176 Å². The van der Waals surface area contributed by atoms with E-state index in [1.165, 1.54) is 32.8 Å². The summed E-state index contributed by atoms with van der Waals surface area (Å²) < 4.78 is 4.62. The second-order valence-corrected chi connectivity index (χ2v) is 13.9. The Balaban J connectivity index is 1.40. The first-order valence-corrected chi connectivity index (χ1v) is 16.8. The van der Waals surface area contributed by atoms with Crippen LogP contribution in [0.4, 0.5) is 0 Å². The van der Waals surface area contributed by atoms with Crippen molar-refractivity contribution in [2.24, 2.45) is 0 Å². The minimum atomic E-state index is -0.0132. The molecule has 0 N–H and O–H groups in total. The first-order chi connectivity index (χ1) is 23.8. The van der Waals surface area contributed by atoms with Crippen LogP contribution in [0.5, 0.6) is 0 Å². The highest BCUT2D eigenvalue weighted by Gasteiger charge is 2.23. The second-order valence-electron chi connectivity index (χ2n) is 13.9. The van der Waals surface area contributed by atoms with Crippen molar-refractivity contribution in [3.63, 3.8) is 0 Å². The lowest BCUT2D eigenvalue weighted by molar-refractivity contribution is 0.590. The molecule has 3 aromatic heterocycles. The van der Waals surface area contributed by atoms with Gasteiger partial charge in [0.1, 0.15) is 0 Å². The Morgan fingerprint density at radius 2 is 1.12 bits per heavy atom.